The van der Waals surface area contributed by atoms with E-state index in [1.165, 1.54) is 0 Å². The first kappa shape index (κ1) is 8.78. The van der Waals surface area contributed by atoms with Crippen LogP contribution in [-0.2, 0) is 6.42 Å². The monoisotopic (exact) mass is 198 g/mol. The van der Waals surface area contributed by atoms with Gasteiger partial charge >= 0.3 is 0 Å². The summed E-state index contributed by atoms with van der Waals surface area (Å²) in [5.41, 5.74) is 6.63. The molecule has 0 saturated heterocycles. The van der Waals surface area contributed by atoms with E-state index in [2.05, 4.69) is 4.98 Å². The van der Waals surface area contributed by atoms with Gasteiger partial charge in [-0.1, -0.05) is 17.7 Å². The minimum absolute atomic E-state index is 0.0958. The lowest BCUT2D eigenvalue weighted by Crippen LogP contribution is -2.30. The van der Waals surface area contributed by atoms with Crippen LogP contribution in [0.5, 0.6) is 5.88 Å². The molecular formula is C9H11ClN2O. The summed E-state index contributed by atoms with van der Waals surface area (Å²) in [7, 11) is 0. The number of aryl methyl sites for hydroxylation is 1. The third-order valence-electron chi connectivity index (χ3n) is 2.18. The van der Waals surface area contributed by atoms with Crippen molar-refractivity contribution in [2.75, 3.05) is 6.54 Å². The van der Waals surface area contributed by atoms with Crippen molar-refractivity contribution in [3.63, 3.8) is 0 Å². The summed E-state index contributed by atoms with van der Waals surface area (Å²) in [6, 6.07) is 3.74. The average molecular weight is 199 g/mol. The van der Waals surface area contributed by atoms with Crippen molar-refractivity contribution in [3.8, 4) is 5.88 Å². The van der Waals surface area contributed by atoms with Gasteiger partial charge in [0.25, 0.3) is 0 Å². The predicted octanol–water partition coefficient (Wildman–Crippen LogP) is 1.39. The molecule has 0 aliphatic carbocycles. The van der Waals surface area contributed by atoms with Crippen LogP contribution >= 0.6 is 11.6 Å². The van der Waals surface area contributed by atoms with Gasteiger partial charge in [0.15, 0.2) is 0 Å². The standard InChI is InChI=1S/C9H11ClN2O/c10-8-4-2-6-1-3-7(5-11)13-9(6)12-8/h2,4,7H,1,3,5,11H2. The topological polar surface area (TPSA) is 48.1 Å². The zero-order valence-corrected chi connectivity index (χ0v) is 7.92. The molecular weight excluding hydrogens is 188 g/mol. The van der Waals surface area contributed by atoms with E-state index >= 15 is 0 Å². The van der Waals surface area contributed by atoms with Crippen LogP contribution in [0.15, 0.2) is 12.1 Å². The molecule has 0 aromatic carbocycles. The minimum Gasteiger partial charge on any atom is -0.473 e. The summed E-state index contributed by atoms with van der Waals surface area (Å²) in [5.74, 6) is 0.647. The van der Waals surface area contributed by atoms with Crippen molar-refractivity contribution >= 4 is 11.6 Å². The molecule has 2 N–H and O–H groups in total. The van der Waals surface area contributed by atoms with E-state index in [9.17, 15) is 0 Å². The molecule has 1 aliphatic rings. The molecule has 1 aliphatic heterocycles. The van der Waals surface area contributed by atoms with Gasteiger partial charge in [0.2, 0.25) is 5.88 Å². The molecule has 70 valence electrons. The van der Waals surface area contributed by atoms with Gasteiger partial charge in [0, 0.05) is 12.1 Å². The first-order valence-corrected chi connectivity index (χ1v) is 4.69. The van der Waals surface area contributed by atoms with E-state index in [1.54, 1.807) is 6.07 Å². The van der Waals surface area contributed by atoms with Crippen molar-refractivity contribution in [1.29, 1.82) is 0 Å². The second-order valence-corrected chi connectivity index (χ2v) is 3.50. The summed E-state index contributed by atoms with van der Waals surface area (Å²) >= 11 is 5.75. The highest BCUT2D eigenvalue weighted by Crippen LogP contribution is 2.26. The SMILES string of the molecule is NCC1CCc2ccc(Cl)nc2O1. The molecule has 3 nitrogen and oxygen atoms in total. The van der Waals surface area contributed by atoms with Crippen molar-refractivity contribution in [3.05, 3.63) is 22.8 Å². The molecule has 1 unspecified atom stereocenters. The Morgan fingerprint density at radius 2 is 2.46 bits per heavy atom. The zero-order chi connectivity index (χ0) is 9.26. The molecule has 0 bridgehead atoms. The maximum absolute atomic E-state index is 5.75. The molecule has 2 rings (SSSR count). The van der Waals surface area contributed by atoms with Gasteiger partial charge in [-0.3, -0.25) is 0 Å². The second kappa shape index (κ2) is 3.52. The molecule has 1 aromatic heterocycles. The lowest BCUT2D eigenvalue weighted by molar-refractivity contribution is 0.173. The summed E-state index contributed by atoms with van der Waals surface area (Å²) in [4.78, 5) is 4.10. The van der Waals surface area contributed by atoms with Crippen LogP contribution in [0.2, 0.25) is 5.15 Å². The number of halogens is 1. The van der Waals surface area contributed by atoms with E-state index in [0.29, 0.717) is 17.6 Å². The lowest BCUT2D eigenvalue weighted by Gasteiger charge is -2.23. The van der Waals surface area contributed by atoms with Gasteiger partial charge in [-0.25, -0.2) is 4.98 Å². The van der Waals surface area contributed by atoms with Gasteiger partial charge in [0.1, 0.15) is 11.3 Å². The number of nitrogens with two attached hydrogens (primary N) is 1. The van der Waals surface area contributed by atoms with Crippen LogP contribution in [-0.4, -0.2) is 17.6 Å². The third-order valence-corrected chi connectivity index (χ3v) is 2.39. The van der Waals surface area contributed by atoms with Crippen LogP contribution in [0.4, 0.5) is 0 Å². The van der Waals surface area contributed by atoms with Crippen LogP contribution in [0.25, 0.3) is 0 Å². The van der Waals surface area contributed by atoms with Gasteiger partial charge in [-0.15, -0.1) is 0 Å². The summed E-state index contributed by atoms with van der Waals surface area (Å²) < 4.78 is 5.54. The first-order chi connectivity index (χ1) is 6.29. The largest absolute Gasteiger partial charge is 0.473 e. The third kappa shape index (κ3) is 1.76. The number of nitrogens with zero attached hydrogens (tertiary/aromatic N) is 1. The fourth-order valence-corrected chi connectivity index (χ4v) is 1.58. The first-order valence-electron chi connectivity index (χ1n) is 4.32. The number of hydrogen-bond acceptors (Lipinski definition) is 3. The second-order valence-electron chi connectivity index (χ2n) is 3.11. The number of aromatic nitrogens is 1. The molecule has 1 atom stereocenters. The van der Waals surface area contributed by atoms with Crippen molar-refractivity contribution < 1.29 is 4.74 Å². The number of rotatable bonds is 1. The Morgan fingerprint density at radius 1 is 1.62 bits per heavy atom. The van der Waals surface area contributed by atoms with E-state index in [-0.39, 0.29) is 6.10 Å². The van der Waals surface area contributed by atoms with E-state index < -0.39 is 0 Å². The smallest absolute Gasteiger partial charge is 0.218 e. The van der Waals surface area contributed by atoms with Crippen molar-refractivity contribution in [2.24, 2.45) is 5.73 Å². The molecule has 0 radical (unpaired) electrons. The van der Waals surface area contributed by atoms with Crippen molar-refractivity contribution in [2.45, 2.75) is 18.9 Å². The predicted molar refractivity (Wildman–Crippen MR) is 51.0 cm³/mol. The summed E-state index contributed by atoms with van der Waals surface area (Å²) in [6.45, 7) is 0.535. The lowest BCUT2D eigenvalue weighted by atomic mass is 10.1. The number of pyridine rings is 1. The van der Waals surface area contributed by atoms with Crippen molar-refractivity contribution in [1.82, 2.24) is 4.98 Å². The summed E-state index contributed by atoms with van der Waals surface area (Å²) in [5, 5.41) is 0.469. The Labute approximate surface area is 81.9 Å². The van der Waals surface area contributed by atoms with E-state index in [4.69, 9.17) is 22.1 Å². The van der Waals surface area contributed by atoms with Crippen LogP contribution in [0.1, 0.15) is 12.0 Å². The van der Waals surface area contributed by atoms with Crippen LogP contribution in [0.3, 0.4) is 0 Å². The summed E-state index contributed by atoms with van der Waals surface area (Å²) in [6.07, 6.45) is 2.03. The zero-order valence-electron chi connectivity index (χ0n) is 7.16. The Balaban J connectivity index is 2.27. The Morgan fingerprint density at radius 3 is 3.23 bits per heavy atom. The van der Waals surface area contributed by atoms with Crippen LogP contribution in [0, 0.1) is 0 Å². The van der Waals surface area contributed by atoms with Gasteiger partial charge in [0.05, 0.1) is 0 Å². The highest BCUT2D eigenvalue weighted by molar-refractivity contribution is 6.29. The van der Waals surface area contributed by atoms with Gasteiger partial charge < -0.3 is 10.5 Å². The number of hydrogen-bond donors (Lipinski definition) is 1. The molecule has 4 heteroatoms. The average Bonchev–Trinajstić information content (AvgIpc) is 2.16. The Bertz CT molecular complexity index is 316. The normalized spacial score (nSPS) is 20.6. The Kier molecular flexibility index (Phi) is 2.38. The molecule has 0 amide bonds. The van der Waals surface area contributed by atoms with Gasteiger partial charge in [-0.2, -0.15) is 0 Å². The molecule has 0 saturated carbocycles. The quantitative estimate of drug-likeness (QED) is 0.694. The molecule has 2 heterocycles. The number of ether oxygens (including phenoxy) is 1. The minimum atomic E-state index is 0.0958. The number of fused-ring (bicyclic) bond motifs is 1. The highest BCUT2D eigenvalue weighted by atomic mass is 35.5. The maximum Gasteiger partial charge on any atom is 0.218 e. The maximum atomic E-state index is 5.75. The fourth-order valence-electron chi connectivity index (χ4n) is 1.44. The molecule has 0 fully saturated rings. The highest BCUT2D eigenvalue weighted by Gasteiger charge is 2.19. The molecule has 13 heavy (non-hydrogen) atoms. The van der Waals surface area contributed by atoms with E-state index in [0.717, 1.165) is 18.4 Å². The molecule has 0 spiro atoms. The van der Waals surface area contributed by atoms with Crippen LogP contribution < -0.4 is 10.5 Å². The Hall–Kier alpha value is -0.800. The van der Waals surface area contributed by atoms with Gasteiger partial charge in [-0.05, 0) is 18.9 Å². The molecule has 1 aromatic rings. The van der Waals surface area contributed by atoms with E-state index in [1.807, 2.05) is 6.07 Å². The fraction of sp³-hybridized carbons (Fsp3) is 0.444.